The molecule has 1 N–H and O–H groups in total. The highest BCUT2D eigenvalue weighted by Crippen LogP contribution is 2.20. The number of nitrogens with one attached hydrogen (secondary N) is 1. The summed E-state index contributed by atoms with van der Waals surface area (Å²) in [7, 11) is 0. The second kappa shape index (κ2) is 8.70. The number of hydrogen-bond acceptors (Lipinski definition) is 1. The van der Waals surface area contributed by atoms with Gasteiger partial charge in [0, 0.05) is 0 Å². The van der Waals surface area contributed by atoms with E-state index in [1.54, 1.807) is 6.07 Å². The van der Waals surface area contributed by atoms with E-state index in [9.17, 15) is 4.39 Å². The van der Waals surface area contributed by atoms with Crippen LogP contribution in [-0.2, 0) is 6.42 Å². The van der Waals surface area contributed by atoms with Gasteiger partial charge in [-0.2, -0.15) is 0 Å². The van der Waals surface area contributed by atoms with Crippen molar-refractivity contribution < 1.29 is 4.39 Å². The molecule has 1 unspecified atom stereocenters. The van der Waals surface area contributed by atoms with Crippen molar-refractivity contribution in [2.75, 3.05) is 13.1 Å². The number of hydrogen-bond donors (Lipinski definition) is 1. The first kappa shape index (κ1) is 16.6. The number of benzene rings is 1. The molecule has 1 rings (SSSR count). The number of rotatable bonds is 8. The molecule has 0 fully saturated rings. The maximum atomic E-state index is 13.2. The van der Waals surface area contributed by atoms with Crippen molar-refractivity contribution in [2.45, 2.75) is 40.0 Å². The monoisotopic (exact) mass is 329 g/mol. The summed E-state index contributed by atoms with van der Waals surface area (Å²) in [6, 6.07) is 5.34. The third-order valence-corrected chi connectivity index (χ3v) is 3.80. The van der Waals surface area contributed by atoms with Gasteiger partial charge in [0.2, 0.25) is 0 Å². The summed E-state index contributed by atoms with van der Waals surface area (Å²) in [5.74, 6) is 1.12. The fourth-order valence-electron chi connectivity index (χ4n) is 2.26. The van der Waals surface area contributed by atoms with Crippen LogP contribution in [0.3, 0.4) is 0 Å². The van der Waals surface area contributed by atoms with Gasteiger partial charge < -0.3 is 5.32 Å². The summed E-state index contributed by atoms with van der Waals surface area (Å²) in [4.78, 5) is 0. The Balaban J connectivity index is 2.54. The van der Waals surface area contributed by atoms with Crippen LogP contribution in [0.5, 0.6) is 0 Å². The Morgan fingerprint density at radius 1 is 1.26 bits per heavy atom. The predicted octanol–water partition coefficient (Wildman–Crippen LogP) is 4.79. The van der Waals surface area contributed by atoms with Crippen LogP contribution in [0.2, 0.25) is 0 Å². The van der Waals surface area contributed by atoms with E-state index < -0.39 is 0 Å². The van der Waals surface area contributed by atoms with Crippen molar-refractivity contribution in [3.05, 3.63) is 34.1 Å². The van der Waals surface area contributed by atoms with Gasteiger partial charge in [-0.1, -0.05) is 33.3 Å². The van der Waals surface area contributed by atoms with Gasteiger partial charge in [0.05, 0.1) is 4.47 Å². The average molecular weight is 330 g/mol. The van der Waals surface area contributed by atoms with Gasteiger partial charge in [-0.25, -0.2) is 4.39 Å². The van der Waals surface area contributed by atoms with Gasteiger partial charge in [0.1, 0.15) is 5.82 Å². The van der Waals surface area contributed by atoms with Crippen LogP contribution in [0.1, 0.15) is 39.2 Å². The highest BCUT2D eigenvalue weighted by molar-refractivity contribution is 9.10. The topological polar surface area (TPSA) is 12.0 Å². The third kappa shape index (κ3) is 6.53. The molecule has 1 aromatic carbocycles. The lowest BCUT2D eigenvalue weighted by Crippen LogP contribution is -2.27. The smallest absolute Gasteiger partial charge is 0.137 e. The highest BCUT2D eigenvalue weighted by atomic mass is 79.9. The van der Waals surface area contributed by atoms with E-state index in [4.69, 9.17) is 0 Å². The molecule has 0 aliphatic heterocycles. The molecular formula is C16H25BrFN. The van der Waals surface area contributed by atoms with Crippen LogP contribution >= 0.6 is 15.9 Å². The molecule has 1 nitrogen and oxygen atoms in total. The molecule has 0 aromatic heterocycles. The van der Waals surface area contributed by atoms with Gasteiger partial charge in [-0.15, -0.1) is 0 Å². The molecule has 0 aliphatic carbocycles. The Labute approximate surface area is 125 Å². The molecule has 1 atom stereocenters. The lowest BCUT2D eigenvalue weighted by molar-refractivity contribution is 0.421. The summed E-state index contributed by atoms with van der Waals surface area (Å²) in [5.41, 5.74) is 1.21. The zero-order valence-corrected chi connectivity index (χ0v) is 13.8. The van der Waals surface area contributed by atoms with Gasteiger partial charge in [-0.3, -0.25) is 0 Å². The summed E-state index contributed by atoms with van der Waals surface area (Å²) in [5, 5.41) is 3.53. The first-order valence-corrected chi connectivity index (χ1v) is 7.96. The van der Waals surface area contributed by atoms with Crippen molar-refractivity contribution >= 4 is 15.9 Å². The molecule has 0 saturated heterocycles. The van der Waals surface area contributed by atoms with E-state index in [0.29, 0.717) is 16.3 Å². The molecule has 0 heterocycles. The Morgan fingerprint density at radius 3 is 2.58 bits per heavy atom. The Hall–Kier alpha value is -0.410. The second-order valence-corrected chi connectivity index (χ2v) is 6.51. The normalized spacial score (nSPS) is 12.9. The van der Waals surface area contributed by atoms with Crippen molar-refractivity contribution in [3.63, 3.8) is 0 Å². The molecular weight excluding hydrogens is 305 g/mol. The van der Waals surface area contributed by atoms with Crippen LogP contribution < -0.4 is 5.32 Å². The van der Waals surface area contributed by atoms with E-state index in [1.807, 2.05) is 12.1 Å². The minimum atomic E-state index is -0.186. The molecule has 0 radical (unpaired) electrons. The highest BCUT2D eigenvalue weighted by Gasteiger charge is 2.10. The summed E-state index contributed by atoms with van der Waals surface area (Å²) in [6.45, 7) is 8.77. The largest absolute Gasteiger partial charge is 0.316 e. The summed E-state index contributed by atoms with van der Waals surface area (Å²) < 4.78 is 13.8. The summed E-state index contributed by atoms with van der Waals surface area (Å²) in [6.07, 6.45) is 3.41. The van der Waals surface area contributed by atoms with Crippen LogP contribution in [0.4, 0.5) is 4.39 Å². The lowest BCUT2D eigenvalue weighted by atomic mass is 9.95. The van der Waals surface area contributed by atoms with Crippen LogP contribution in [0.15, 0.2) is 22.7 Å². The molecule has 0 aliphatic rings. The maximum absolute atomic E-state index is 13.2. The van der Waals surface area contributed by atoms with Crippen molar-refractivity contribution in [1.82, 2.24) is 5.32 Å². The molecule has 0 saturated carbocycles. The molecule has 19 heavy (non-hydrogen) atoms. The van der Waals surface area contributed by atoms with Crippen molar-refractivity contribution in [2.24, 2.45) is 11.8 Å². The Morgan fingerprint density at radius 2 is 2.00 bits per heavy atom. The molecule has 3 heteroatoms. The predicted molar refractivity (Wildman–Crippen MR) is 83.9 cm³/mol. The standard InChI is InChI=1S/C16H25BrFN/c1-4-5-14(11-19-10-12(2)3)8-13-6-7-16(18)15(17)9-13/h6-7,9,12,14,19H,4-5,8,10-11H2,1-3H3. The van der Waals surface area contributed by atoms with Crippen LogP contribution in [-0.4, -0.2) is 13.1 Å². The minimum absolute atomic E-state index is 0.186. The molecule has 1 aromatic rings. The molecule has 0 bridgehead atoms. The average Bonchev–Trinajstić information content (AvgIpc) is 2.33. The van der Waals surface area contributed by atoms with Crippen LogP contribution in [0, 0.1) is 17.7 Å². The molecule has 0 amide bonds. The quantitative estimate of drug-likeness (QED) is 0.722. The molecule has 0 spiro atoms. The lowest BCUT2D eigenvalue weighted by Gasteiger charge is -2.18. The van der Waals surface area contributed by atoms with Gasteiger partial charge >= 0.3 is 0 Å². The Bertz CT molecular complexity index is 379. The van der Waals surface area contributed by atoms with Gasteiger partial charge in [-0.05, 0) is 71.4 Å². The van der Waals surface area contributed by atoms with Gasteiger partial charge in [0.15, 0.2) is 0 Å². The number of halogens is 2. The van der Waals surface area contributed by atoms with E-state index in [0.717, 1.165) is 19.5 Å². The SMILES string of the molecule is CCCC(CNCC(C)C)Cc1ccc(F)c(Br)c1. The van der Waals surface area contributed by atoms with E-state index in [-0.39, 0.29) is 5.82 Å². The minimum Gasteiger partial charge on any atom is -0.316 e. The Kier molecular flexibility index (Phi) is 7.62. The maximum Gasteiger partial charge on any atom is 0.137 e. The zero-order chi connectivity index (χ0) is 14.3. The first-order valence-electron chi connectivity index (χ1n) is 7.17. The van der Waals surface area contributed by atoms with Crippen LogP contribution in [0.25, 0.3) is 0 Å². The van der Waals surface area contributed by atoms with E-state index >= 15 is 0 Å². The third-order valence-electron chi connectivity index (χ3n) is 3.19. The van der Waals surface area contributed by atoms with Gasteiger partial charge in [0.25, 0.3) is 0 Å². The van der Waals surface area contributed by atoms with Crippen molar-refractivity contribution in [3.8, 4) is 0 Å². The van der Waals surface area contributed by atoms with E-state index in [1.165, 1.54) is 18.4 Å². The fourth-order valence-corrected chi connectivity index (χ4v) is 2.69. The first-order chi connectivity index (χ1) is 9.02. The zero-order valence-electron chi connectivity index (χ0n) is 12.2. The summed E-state index contributed by atoms with van der Waals surface area (Å²) >= 11 is 3.26. The fraction of sp³-hybridized carbons (Fsp3) is 0.625. The van der Waals surface area contributed by atoms with Crippen molar-refractivity contribution in [1.29, 1.82) is 0 Å². The van der Waals surface area contributed by atoms with E-state index in [2.05, 4.69) is 42.0 Å². The molecule has 108 valence electrons. The second-order valence-electron chi connectivity index (χ2n) is 5.66.